The Kier molecular flexibility index (Phi) is 4.36. The highest BCUT2D eigenvalue weighted by molar-refractivity contribution is 9.11. The van der Waals surface area contributed by atoms with Crippen molar-refractivity contribution in [2.75, 3.05) is 19.3 Å². The summed E-state index contributed by atoms with van der Waals surface area (Å²) >= 11 is 6.43. The molecule has 1 saturated heterocycles. The van der Waals surface area contributed by atoms with Gasteiger partial charge in [0.05, 0.1) is 14.7 Å². The molecular weight excluding hydrogens is 332 g/mol. The van der Waals surface area contributed by atoms with Crippen molar-refractivity contribution in [2.24, 2.45) is 0 Å². The summed E-state index contributed by atoms with van der Waals surface area (Å²) in [5.74, 6) is 0.0818. The molecule has 3 nitrogen and oxygen atoms in total. The van der Waals surface area contributed by atoms with E-state index in [0.717, 1.165) is 21.5 Å². The molecule has 1 aromatic heterocycles. The molecular formula is C12H13BrN2OS2. The van der Waals surface area contributed by atoms with Gasteiger partial charge in [-0.3, -0.25) is 4.79 Å². The Bertz CT molecular complexity index is 487. The maximum atomic E-state index is 12.2. The smallest absolute Gasteiger partial charge is 0.263 e. The largest absolute Gasteiger partial charge is 0.338 e. The summed E-state index contributed by atoms with van der Waals surface area (Å²) in [6.45, 7) is 1.34. The summed E-state index contributed by atoms with van der Waals surface area (Å²) in [5.41, 5.74) is 0. The second-order valence-electron chi connectivity index (χ2n) is 4.21. The topological polar surface area (TPSA) is 44.1 Å². The number of halogens is 1. The van der Waals surface area contributed by atoms with Crippen LogP contribution in [0, 0.1) is 11.3 Å². The number of thiophene rings is 1. The van der Waals surface area contributed by atoms with Crippen molar-refractivity contribution in [1.29, 1.82) is 5.26 Å². The van der Waals surface area contributed by atoms with Crippen LogP contribution in [0.1, 0.15) is 22.5 Å². The lowest BCUT2D eigenvalue weighted by Gasteiger charge is -2.35. The number of likely N-dealkylation sites (tertiary alicyclic amines) is 1. The Morgan fingerprint density at radius 2 is 2.22 bits per heavy atom. The first kappa shape index (κ1) is 13.9. The van der Waals surface area contributed by atoms with Crippen LogP contribution in [0.2, 0.25) is 0 Å². The minimum absolute atomic E-state index is 0.0818. The van der Waals surface area contributed by atoms with Crippen LogP contribution in [0.5, 0.6) is 0 Å². The molecule has 18 heavy (non-hydrogen) atoms. The number of piperidine rings is 1. The lowest BCUT2D eigenvalue weighted by atomic mass is 9.97. The van der Waals surface area contributed by atoms with Gasteiger partial charge in [0.1, 0.15) is 4.75 Å². The lowest BCUT2D eigenvalue weighted by molar-refractivity contribution is 0.0721. The van der Waals surface area contributed by atoms with E-state index in [1.54, 1.807) is 11.8 Å². The summed E-state index contributed by atoms with van der Waals surface area (Å²) in [7, 11) is 0. The van der Waals surface area contributed by atoms with E-state index < -0.39 is 0 Å². The molecule has 1 aliphatic heterocycles. The maximum absolute atomic E-state index is 12.2. The highest BCUT2D eigenvalue weighted by Gasteiger charge is 2.35. The van der Waals surface area contributed by atoms with Gasteiger partial charge in [-0.2, -0.15) is 5.26 Å². The third kappa shape index (κ3) is 2.73. The van der Waals surface area contributed by atoms with Crippen LogP contribution in [-0.2, 0) is 0 Å². The van der Waals surface area contributed by atoms with Crippen LogP contribution >= 0.6 is 39.0 Å². The van der Waals surface area contributed by atoms with Gasteiger partial charge in [-0.15, -0.1) is 23.1 Å². The zero-order valence-corrected chi connectivity index (χ0v) is 13.2. The van der Waals surface area contributed by atoms with Crippen LogP contribution < -0.4 is 0 Å². The first-order valence-electron chi connectivity index (χ1n) is 5.61. The zero-order chi connectivity index (χ0) is 13.2. The van der Waals surface area contributed by atoms with Crippen molar-refractivity contribution in [1.82, 2.24) is 4.90 Å². The van der Waals surface area contributed by atoms with Crippen LogP contribution in [0.15, 0.2) is 15.9 Å². The molecule has 6 heteroatoms. The molecule has 0 bridgehead atoms. The molecule has 0 radical (unpaired) electrons. The van der Waals surface area contributed by atoms with E-state index in [-0.39, 0.29) is 10.7 Å². The molecule has 1 amide bonds. The Morgan fingerprint density at radius 1 is 1.56 bits per heavy atom. The number of nitriles is 1. The van der Waals surface area contributed by atoms with Gasteiger partial charge in [-0.25, -0.2) is 0 Å². The summed E-state index contributed by atoms with van der Waals surface area (Å²) < 4.78 is 0.672. The van der Waals surface area contributed by atoms with Crippen molar-refractivity contribution in [3.05, 3.63) is 20.8 Å². The van der Waals surface area contributed by atoms with Crippen molar-refractivity contribution in [3.8, 4) is 6.07 Å². The van der Waals surface area contributed by atoms with Gasteiger partial charge in [0.2, 0.25) is 0 Å². The zero-order valence-electron chi connectivity index (χ0n) is 9.98. The number of thioether (sulfide) groups is 1. The van der Waals surface area contributed by atoms with Crippen molar-refractivity contribution in [3.63, 3.8) is 0 Å². The number of carbonyl (C=O) groups is 1. The average molecular weight is 345 g/mol. The second-order valence-corrected chi connectivity index (χ2v) is 7.86. The van der Waals surface area contributed by atoms with Crippen molar-refractivity contribution >= 4 is 44.9 Å². The van der Waals surface area contributed by atoms with Gasteiger partial charge in [0.15, 0.2) is 0 Å². The molecule has 0 aromatic carbocycles. The highest BCUT2D eigenvalue weighted by atomic mass is 79.9. The molecule has 2 rings (SSSR count). The van der Waals surface area contributed by atoms with Gasteiger partial charge in [0, 0.05) is 13.1 Å². The minimum atomic E-state index is -0.299. The number of carbonyl (C=O) groups excluding carboxylic acids is 1. The van der Waals surface area contributed by atoms with Crippen molar-refractivity contribution in [2.45, 2.75) is 17.6 Å². The molecule has 0 atom stereocenters. The first-order chi connectivity index (χ1) is 8.60. The lowest BCUT2D eigenvalue weighted by Crippen LogP contribution is -2.44. The SMILES string of the molecule is CSC1(C#N)CCN(C(=O)c2ccc(Br)s2)CC1. The molecule has 0 N–H and O–H groups in total. The highest BCUT2D eigenvalue weighted by Crippen LogP contribution is 2.34. The molecule has 1 fully saturated rings. The number of amides is 1. The molecule has 0 spiro atoms. The summed E-state index contributed by atoms with van der Waals surface area (Å²) in [4.78, 5) is 14.8. The van der Waals surface area contributed by atoms with E-state index >= 15 is 0 Å². The second kappa shape index (κ2) is 5.64. The first-order valence-corrected chi connectivity index (χ1v) is 8.45. The standard InChI is InChI=1S/C12H13BrN2OS2/c1-17-12(8-14)4-6-15(7-5-12)11(16)9-2-3-10(13)18-9/h2-3H,4-7H2,1H3. The third-order valence-electron chi connectivity index (χ3n) is 3.24. The Labute approximate surface area is 123 Å². The van der Waals surface area contributed by atoms with Crippen LogP contribution in [0.4, 0.5) is 0 Å². The van der Waals surface area contributed by atoms with E-state index in [1.807, 2.05) is 23.3 Å². The van der Waals surface area contributed by atoms with Crippen molar-refractivity contribution < 1.29 is 4.79 Å². The molecule has 0 saturated carbocycles. The fraction of sp³-hybridized carbons (Fsp3) is 0.500. The predicted octanol–water partition coefficient (Wildman–Crippen LogP) is 3.37. The quantitative estimate of drug-likeness (QED) is 0.825. The predicted molar refractivity (Wildman–Crippen MR) is 79.0 cm³/mol. The van der Waals surface area contributed by atoms with E-state index in [0.29, 0.717) is 13.1 Å². The van der Waals surface area contributed by atoms with Gasteiger partial charge in [-0.1, -0.05) is 0 Å². The average Bonchev–Trinajstić information content (AvgIpc) is 2.85. The van der Waals surface area contributed by atoms with E-state index in [4.69, 9.17) is 0 Å². The Morgan fingerprint density at radius 3 is 2.67 bits per heavy atom. The summed E-state index contributed by atoms with van der Waals surface area (Å²) in [6.07, 6.45) is 3.48. The summed E-state index contributed by atoms with van der Waals surface area (Å²) in [6, 6.07) is 6.13. The van der Waals surface area contributed by atoms with Crippen LogP contribution in [0.3, 0.4) is 0 Å². The van der Waals surface area contributed by atoms with Gasteiger partial charge >= 0.3 is 0 Å². The fourth-order valence-corrected chi connectivity index (χ4v) is 4.05. The molecule has 2 heterocycles. The molecule has 0 aliphatic carbocycles. The number of hydrogen-bond acceptors (Lipinski definition) is 4. The Balaban J connectivity index is 2.02. The number of hydrogen-bond donors (Lipinski definition) is 0. The fourth-order valence-electron chi connectivity index (χ4n) is 2.02. The number of rotatable bonds is 2. The van der Waals surface area contributed by atoms with Gasteiger partial charge in [0.25, 0.3) is 5.91 Å². The summed E-state index contributed by atoms with van der Waals surface area (Å²) in [5, 5.41) is 9.21. The van der Waals surface area contributed by atoms with Gasteiger partial charge < -0.3 is 4.90 Å². The van der Waals surface area contributed by atoms with Gasteiger partial charge in [-0.05, 0) is 47.2 Å². The maximum Gasteiger partial charge on any atom is 0.263 e. The van der Waals surface area contributed by atoms with E-state index in [9.17, 15) is 10.1 Å². The number of nitrogens with zero attached hydrogens (tertiary/aromatic N) is 2. The molecule has 1 aromatic rings. The monoisotopic (exact) mass is 344 g/mol. The molecule has 96 valence electrons. The van der Waals surface area contributed by atoms with E-state index in [1.165, 1.54) is 11.3 Å². The van der Waals surface area contributed by atoms with E-state index in [2.05, 4.69) is 22.0 Å². The molecule has 0 unspecified atom stereocenters. The van der Waals surface area contributed by atoms with Crippen LogP contribution in [-0.4, -0.2) is 34.9 Å². The Hall–Kier alpha value is -0.510. The normalized spacial score (nSPS) is 18.4. The van der Waals surface area contributed by atoms with Crippen LogP contribution in [0.25, 0.3) is 0 Å². The minimum Gasteiger partial charge on any atom is -0.338 e. The third-order valence-corrected chi connectivity index (χ3v) is 6.13. The molecule has 1 aliphatic rings.